The fraction of sp³-hybridized carbons (Fsp3) is 0. The molecule has 7 heteroatoms. The molecule has 0 saturated heterocycles. The highest BCUT2D eigenvalue weighted by Gasteiger charge is 2.10. The third-order valence-corrected chi connectivity index (χ3v) is 1.82. The van der Waals surface area contributed by atoms with Crippen LogP contribution in [0.2, 0.25) is 0 Å². The van der Waals surface area contributed by atoms with Crippen molar-refractivity contribution >= 4 is 17.5 Å². The summed E-state index contributed by atoms with van der Waals surface area (Å²) in [6, 6.07) is 1.30. The van der Waals surface area contributed by atoms with Crippen molar-refractivity contribution in [3.05, 3.63) is 29.7 Å². The van der Waals surface area contributed by atoms with E-state index in [4.69, 9.17) is 10.8 Å². The molecule has 0 aliphatic heterocycles. The van der Waals surface area contributed by atoms with Gasteiger partial charge in [0.25, 0.3) is 5.91 Å². The normalized spacial score (nSPS) is 10.4. The zero-order chi connectivity index (χ0) is 11.0. The Morgan fingerprint density at radius 3 is 2.80 bits per heavy atom. The number of carbonyl (C=O) groups is 2. The Bertz CT molecular complexity index is 548. The van der Waals surface area contributed by atoms with Gasteiger partial charge in [0.15, 0.2) is 11.3 Å². The van der Waals surface area contributed by atoms with Gasteiger partial charge >= 0.3 is 5.97 Å². The lowest BCUT2D eigenvalue weighted by molar-refractivity contribution is 0.0690. The van der Waals surface area contributed by atoms with E-state index in [1.807, 2.05) is 0 Å². The molecule has 0 unspecified atom stereocenters. The summed E-state index contributed by atoms with van der Waals surface area (Å²) in [6.45, 7) is 0. The highest BCUT2D eigenvalue weighted by atomic mass is 16.4. The molecular weight excluding hydrogens is 200 g/mol. The van der Waals surface area contributed by atoms with Crippen LogP contribution in [0.15, 0.2) is 18.5 Å². The second kappa shape index (κ2) is 3.05. The SMILES string of the molecule is NC(=O)c1cnc2cc(C(=O)O)nn2c1. The Kier molecular flexibility index (Phi) is 1.86. The predicted octanol–water partition coefficient (Wildman–Crippen LogP) is -0.474. The Morgan fingerprint density at radius 2 is 2.20 bits per heavy atom. The van der Waals surface area contributed by atoms with Crippen molar-refractivity contribution in [3.8, 4) is 0 Å². The molecule has 15 heavy (non-hydrogen) atoms. The van der Waals surface area contributed by atoms with Gasteiger partial charge in [-0.2, -0.15) is 5.10 Å². The van der Waals surface area contributed by atoms with Gasteiger partial charge in [-0.3, -0.25) is 4.79 Å². The van der Waals surface area contributed by atoms with Gasteiger partial charge < -0.3 is 10.8 Å². The Balaban J connectivity index is 2.62. The average molecular weight is 206 g/mol. The van der Waals surface area contributed by atoms with Crippen LogP contribution in [-0.4, -0.2) is 31.6 Å². The third kappa shape index (κ3) is 1.50. The molecule has 3 N–H and O–H groups in total. The lowest BCUT2D eigenvalue weighted by Crippen LogP contribution is -2.12. The van der Waals surface area contributed by atoms with Crippen LogP contribution < -0.4 is 5.73 Å². The summed E-state index contributed by atoms with van der Waals surface area (Å²) < 4.78 is 1.20. The Morgan fingerprint density at radius 1 is 1.47 bits per heavy atom. The molecule has 2 aromatic heterocycles. The maximum absolute atomic E-state index is 10.8. The average Bonchev–Trinajstić information content (AvgIpc) is 2.59. The smallest absolute Gasteiger partial charge is 0.356 e. The van der Waals surface area contributed by atoms with Gasteiger partial charge in [-0.05, 0) is 0 Å². The molecule has 0 bridgehead atoms. The topological polar surface area (TPSA) is 111 Å². The Hall–Kier alpha value is -2.44. The molecule has 2 rings (SSSR count). The van der Waals surface area contributed by atoms with Gasteiger partial charge in [0.1, 0.15) is 0 Å². The van der Waals surface area contributed by atoms with E-state index in [1.165, 1.54) is 23.0 Å². The van der Waals surface area contributed by atoms with Gasteiger partial charge in [0.2, 0.25) is 0 Å². The Labute approximate surface area is 83.1 Å². The summed E-state index contributed by atoms with van der Waals surface area (Å²) in [5, 5.41) is 12.4. The lowest BCUT2D eigenvalue weighted by atomic mass is 10.3. The standard InChI is InChI=1S/C8H6N4O3/c9-7(13)4-2-10-6-1-5(8(14)15)11-12(6)3-4/h1-3H,(H2,9,13)(H,14,15). The van der Waals surface area contributed by atoms with E-state index in [2.05, 4.69) is 10.1 Å². The molecule has 0 saturated carbocycles. The van der Waals surface area contributed by atoms with Gasteiger partial charge in [-0.1, -0.05) is 0 Å². The van der Waals surface area contributed by atoms with E-state index in [0.29, 0.717) is 5.65 Å². The van der Waals surface area contributed by atoms with E-state index in [0.717, 1.165) is 0 Å². The fourth-order valence-corrected chi connectivity index (χ4v) is 1.11. The molecule has 0 fully saturated rings. The minimum atomic E-state index is -1.15. The van der Waals surface area contributed by atoms with Gasteiger partial charge in [-0.25, -0.2) is 14.3 Å². The first-order valence-corrected chi connectivity index (χ1v) is 3.96. The monoisotopic (exact) mass is 206 g/mol. The number of hydrogen-bond donors (Lipinski definition) is 2. The highest BCUT2D eigenvalue weighted by molar-refractivity contribution is 5.92. The maximum Gasteiger partial charge on any atom is 0.356 e. The summed E-state index contributed by atoms with van der Waals surface area (Å²) in [4.78, 5) is 25.2. The fourth-order valence-electron chi connectivity index (χ4n) is 1.11. The van der Waals surface area contributed by atoms with Gasteiger partial charge in [0, 0.05) is 18.5 Å². The number of carboxylic acid groups (broad SMARTS) is 1. The van der Waals surface area contributed by atoms with Gasteiger partial charge in [-0.15, -0.1) is 0 Å². The van der Waals surface area contributed by atoms with Crippen molar-refractivity contribution in [2.75, 3.05) is 0 Å². The molecule has 1 amide bonds. The number of carbonyl (C=O) groups excluding carboxylic acids is 1. The molecule has 0 radical (unpaired) electrons. The number of aromatic carboxylic acids is 1. The molecule has 2 aromatic rings. The zero-order valence-corrected chi connectivity index (χ0v) is 7.41. The molecule has 0 spiro atoms. The number of fused-ring (bicyclic) bond motifs is 1. The van der Waals surface area contributed by atoms with Crippen LogP contribution in [0.5, 0.6) is 0 Å². The van der Waals surface area contributed by atoms with Crippen molar-refractivity contribution in [1.82, 2.24) is 14.6 Å². The van der Waals surface area contributed by atoms with Gasteiger partial charge in [0.05, 0.1) is 5.56 Å². The molecule has 0 aliphatic rings. The summed E-state index contributed by atoms with van der Waals surface area (Å²) >= 11 is 0. The predicted molar refractivity (Wildman–Crippen MR) is 48.5 cm³/mol. The molecule has 2 heterocycles. The van der Waals surface area contributed by atoms with Crippen molar-refractivity contribution in [2.24, 2.45) is 5.73 Å². The molecular formula is C8H6N4O3. The van der Waals surface area contributed by atoms with E-state index < -0.39 is 11.9 Å². The summed E-state index contributed by atoms with van der Waals surface area (Å²) in [5.41, 5.74) is 5.41. The second-order valence-corrected chi connectivity index (χ2v) is 2.84. The summed E-state index contributed by atoms with van der Waals surface area (Å²) in [5.74, 6) is -1.79. The number of amides is 1. The summed E-state index contributed by atoms with van der Waals surface area (Å²) in [7, 11) is 0. The lowest BCUT2D eigenvalue weighted by Gasteiger charge is -1.94. The van der Waals surface area contributed by atoms with Crippen LogP contribution in [0, 0.1) is 0 Å². The minimum Gasteiger partial charge on any atom is -0.476 e. The third-order valence-electron chi connectivity index (χ3n) is 1.82. The van der Waals surface area contributed by atoms with Crippen LogP contribution in [0.3, 0.4) is 0 Å². The number of carboxylic acids is 1. The zero-order valence-electron chi connectivity index (χ0n) is 7.41. The first-order chi connectivity index (χ1) is 7.08. The van der Waals surface area contributed by atoms with E-state index in [1.54, 1.807) is 0 Å². The number of rotatable bonds is 2. The molecule has 76 valence electrons. The highest BCUT2D eigenvalue weighted by Crippen LogP contribution is 2.05. The molecule has 0 atom stereocenters. The number of hydrogen-bond acceptors (Lipinski definition) is 4. The quantitative estimate of drug-likeness (QED) is 0.689. The van der Waals surface area contributed by atoms with Crippen molar-refractivity contribution in [2.45, 2.75) is 0 Å². The van der Waals surface area contributed by atoms with Crippen LogP contribution in [-0.2, 0) is 0 Å². The summed E-state index contributed by atoms with van der Waals surface area (Å²) in [6.07, 6.45) is 2.60. The van der Waals surface area contributed by atoms with E-state index in [9.17, 15) is 9.59 Å². The van der Waals surface area contributed by atoms with Crippen molar-refractivity contribution in [3.63, 3.8) is 0 Å². The largest absolute Gasteiger partial charge is 0.476 e. The van der Waals surface area contributed by atoms with Crippen LogP contribution >= 0.6 is 0 Å². The van der Waals surface area contributed by atoms with Crippen molar-refractivity contribution < 1.29 is 14.7 Å². The first-order valence-electron chi connectivity index (χ1n) is 3.96. The molecule has 7 nitrogen and oxygen atoms in total. The molecule has 0 aliphatic carbocycles. The number of nitrogens with zero attached hydrogens (tertiary/aromatic N) is 3. The van der Waals surface area contributed by atoms with Crippen molar-refractivity contribution in [1.29, 1.82) is 0 Å². The minimum absolute atomic E-state index is 0.135. The van der Waals surface area contributed by atoms with Crippen LogP contribution in [0.1, 0.15) is 20.8 Å². The maximum atomic E-state index is 10.8. The van der Waals surface area contributed by atoms with E-state index >= 15 is 0 Å². The van der Waals surface area contributed by atoms with Crippen LogP contribution in [0.4, 0.5) is 0 Å². The second-order valence-electron chi connectivity index (χ2n) is 2.84. The number of nitrogens with two attached hydrogens (primary N) is 1. The van der Waals surface area contributed by atoms with E-state index in [-0.39, 0.29) is 11.3 Å². The van der Waals surface area contributed by atoms with Crippen LogP contribution in [0.25, 0.3) is 5.65 Å². The molecule has 0 aromatic carbocycles. The number of aromatic nitrogens is 3. The number of primary amides is 1. The first kappa shape index (κ1) is 9.13.